The average Bonchev–Trinajstić information content (AvgIpc) is 3.01. The number of benzene rings is 1. The Bertz CT molecular complexity index is 528. The first-order valence-corrected chi connectivity index (χ1v) is 5.54. The van der Waals surface area contributed by atoms with Crippen LogP contribution in [0.5, 0.6) is 0 Å². The highest BCUT2D eigenvalue weighted by atomic mass is 16.1. The highest BCUT2D eigenvalue weighted by molar-refractivity contribution is 5.97. The largest absolute Gasteiger partial charge is 0.352 e. The number of carbonyl (C=O) groups excluding carboxylic acids is 1. The molecule has 0 radical (unpaired) electrons. The van der Waals surface area contributed by atoms with Crippen molar-refractivity contribution >= 4 is 16.8 Å². The molecule has 1 aromatic carbocycles. The van der Waals surface area contributed by atoms with E-state index in [0.717, 1.165) is 17.4 Å². The first-order chi connectivity index (χ1) is 7.83. The normalized spacial score (nSPS) is 15.2. The summed E-state index contributed by atoms with van der Waals surface area (Å²) in [5.41, 5.74) is 1.59. The van der Waals surface area contributed by atoms with Gasteiger partial charge in [0.2, 0.25) is 0 Å². The van der Waals surface area contributed by atoms with Gasteiger partial charge in [0.15, 0.2) is 0 Å². The Balaban J connectivity index is 1.78. The lowest BCUT2D eigenvalue weighted by Crippen LogP contribution is -2.25. The number of hydrogen-bond donors (Lipinski definition) is 2. The van der Waals surface area contributed by atoms with E-state index in [9.17, 15) is 4.79 Å². The van der Waals surface area contributed by atoms with E-state index >= 15 is 0 Å². The predicted octanol–water partition coefficient (Wildman–Crippen LogP) is 1.70. The van der Waals surface area contributed by atoms with Crippen molar-refractivity contribution in [2.75, 3.05) is 6.54 Å². The number of fused-ring (bicyclic) bond motifs is 1. The van der Waals surface area contributed by atoms with Crippen molar-refractivity contribution in [3.05, 3.63) is 30.0 Å². The summed E-state index contributed by atoms with van der Waals surface area (Å²) in [5, 5.41) is 10.8. The van der Waals surface area contributed by atoms with Crippen LogP contribution < -0.4 is 5.32 Å². The maximum Gasteiger partial charge on any atom is 0.251 e. The summed E-state index contributed by atoms with van der Waals surface area (Å²) in [5.74, 6) is 0.711. The lowest BCUT2D eigenvalue weighted by atomic mass is 10.1. The standard InChI is InChI=1S/C12H13N3O/c16-12(13-6-8-1-2-8)9-3-4-10-7-14-15-11(10)5-9/h3-5,7-8H,1-2,6H2,(H,13,16)(H,14,15). The molecule has 4 nitrogen and oxygen atoms in total. The molecule has 82 valence electrons. The highest BCUT2D eigenvalue weighted by Gasteiger charge is 2.21. The number of amides is 1. The third-order valence-electron chi connectivity index (χ3n) is 2.95. The first-order valence-electron chi connectivity index (χ1n) is 5.54. The van der Waals surface area contributed by atoms with E-state index in [1.807, 2.05) is 18.2 Å². The highest BCUT2D eigenvalue weighted by Crippen LogP contribution is 2.27. The molecule has 16 heavy (non-hydrogen) atoms. The number of H-pyrrole nitrogens is 1. The van der Waals surface area contributed by atoms with Crippen molar-refractivity contribution in [1.29, 1.82) is 0 Å². The molecule has 1 fully saturated rings. The van der Waals surface area contributed by atoms with Gasteiger partial charge in [-0.2, -0.15) is 5.10 Å². The van der Waals surface area contributed by atoms with Crippen LogP contribution in [0.4, 0.5) is 0 Å². The van der Waals surface area contributed by atoms with Gasteiger partial charge in [-0.3, -0.25) is 9.89 Å². The number of rotatable bonds is 3. The van der Waals surface area contributed by atoms with Crippen LogP contribution >= 0.6 is 0 Å². The summed E-state index contributed by atoms with van der Waals surface area (Å²) in [6.45, 7) is 0.805. The van der Waals surface area contributed by atoms with Crippen molar-refractivity contribution < 1.29 is 4.79 Å². The van der Waals surface area contributed by atoms with Crippen LogP contribution in [-0.2, 0) is 0 Å². The molecule has 1 saturated carbocycles. The summed E-state index contributed by atoms with van der Waals surface area (Å²) in [4.78, 5) is 11.8. The molecule has 1 aliphatic carbocycles. The van der Waals surface area contributed by atoms with Gasteiger partial charge < -0.3 is 5.32 Å². The van der Waals surface area contributed by atoms with Crippen molar-refractivity contribution in [1.82, 2.24) is 15.5 Å². The number of aromatic amines is 1. The fraction of sp³-hybridized carbons (Fsp3) is 0.333. The van der Waals surface area contributed by atoms with Gasteiger partial charge >= 0.3 is 0 Å². The molecule has 1 amide bonds. The zero-order valence-corrected chi connectivity index (χ0v) is 8.86. The quantitative estimate of drug-likeness (QED) is 0.818. The third-order valence-corrected chi connectivity index (χ3v) is 2.95. The molecule has 2 aromatic rings. The van der Waals surface area contributed by atoms with Crippen molar-refractivity contribution in [3.63, 3.8) is 0 Å². The molecule has 0 aliphatic heterocycles. The summed E-state index contributed by atoms with van der Waals surface area (Å²) >= 11 is 0. The molecule has 1 aromatic heterocycles. The second kappa shape index (κ2) is 3.63. The van der Waals surface area contributed by atoms with E-state index in [2.05, 4.69) is 15.5 Å². The number of nitrogens with zero attached hydrogens (tertiary/aromatic N) is 1. The Kier molecular flexibility index (Phi) is 2.13. The van der Waals surface area contributed by atoms with Gasteiger partial charge in [-0.05, 0) is 30.9 Å². The molecule has 0 saturated heterocycles. The summed E-state index contributed by atoms with van der Waals surface area (Å²) < 4.78 is 0. The number of aromatic nitrogens is 2. The topological polar surface area (TPSA) is 57.8 Å². The Morgan fingerprint density at radius 1 is 1.50 bits per heavy atom. The van der Waals surface area contributed by atoms with Gasteiger partial charge in [0, 0.05) is 17.5 Å². The molecule has 4 heteroatoms. The molecule has 0 spiro atoms. The Morgan fingerprint density at radius 3 is 3.19 bits per heavy atom. The Morgan fingerprint density at radius 2 is 2.38 bits per heavy atom. The van der Waals surface area contributed by atoms with Crippen molar-refractivity contribution in [2.45, 2.75) is 12.8 Å². The minimum absolute atomic E-state index is 0.00315. The summed E-state index contributed by atoms with van der Waals surface area (Å²) in [7, 11) is 0. The van der Waals surface area contributed by atoms with E-state index in [-0.39, 0.29) is 5.91 Å². The van der Waals surface area contributed by atoms with Crippen LogP contribution in [0, 0.1) is 5.92 Å². The fourth-order valence-electron chi connectivity index (χ4n) is 1.74. The monoisotopic (exact) mass is 215 g/mol. The minimum Gasteiger partial charge on any atom is -0.352 e. The van der Waals surface area contributed by atoms with Gasteiger partial charge in [0.1, 0.15) is 0 Å². The molecule has 2 N–H and O–H groups in total. The molecule has 0 unspecified atom stereocenters. The van der Waals surface area contributed by atoms with Crippen LogP contribution in [0.2, 0.25) is 0 Å². The van der Waals surface area contributed by atoms with Gasteiger partial charge in [-0.1, -0.05) is 6.07 Å². The van der Waals surface area contributed by atoms with Crippen LogP contribution in [0.25, 0.3) is 10.9 Å². The van der Waals surface area contributed by atoms with Crippen molar-refractivity contribution in [2.24, 2.45) is 5.92 Å². The molecule has 1 heterocycles. The second-order valence-corrected chi connectivity index (χ2v) is 4.33. The third kappa shape index (κ3) is 1.78. The summed E-state index contributed by atoms with van der Waals surface area (Å²) in [6.07, 6.45) is 4.25. The predicted molar refractivity (Wildman–Crippen MR) is 61.2 cm³/mol. The second-order valence-electron chi connectivity index (χ2n) is 4.33. The van der Waals surface area contributed by atoms with Gasteiger partial charge in [0.05, 0.1) is 11.7 Å². The van der Waals surface area contributed by atoms with Crippen LogP contribution in [-0.4, -0.2) is 22.6 Å². The van der Waals surface area contributed by atoms with Gasteiger partial charge in [0.25, 0.3) is 5.91 Å². The van der Waals surface area contributed by atoms with E-state index < -0.39 is 0 Å². The molecule has 1 aliphatic rings. The van der Waals surface area contributed by atoms with Crippen LogP contribution in [0.15, 0.2) is 24.4 Å². The smallest absolute Gasteiger partial charge is 0.251 e. The van der Waals surface area contributed by atoms with Crippen LogP contribution in [0.3, 0.4) is 0 Å². The van der Waals surface area contributed by atoms with Crippen molar-refractivity contribution in [3.8, 4) is 0 Å². The number of carbonyl (C=O) groups is 1. The van der Waals surface area contributed by atoms with E-state index in [1.165, 1.54) is 12.8 Å². The Labute approximate surface area is 93.0 Å². The molecule has 0 bridgehead atoms. The molecular formula is C12H13N3O. The Hall–Kier alpha value is -1.84. The zero-order valence-electron chi connectivity index (χ0n) is 8.86. The average molecular weight is 215 g/mol. The molecule has 0 atom stereocenters. The summed E-state index contributed by atoms with van der Waals surface area (Å²) in [6, 6.07) is 5.58. The van der Waals surface area contributed by atoms with E-state index in [0.29, 0.717) is 11.5 Å². The number of hydrogen-bond acceptors (Lipinski definition) is 2. The maximum absolute atomic E-state index is 11.8. The van der Waals surface area contributed by atoms with E-state index in [1.54, 1.807) is 6.20 Å². The fourth-order valence-corrected chi connectivity index (χ4v) is 1.74. The zero-order chi connectivity index (χ0) is 11.0. The first kappa shape index (κ1) is 9.39. The molecule has 3 rings (SSSR count). The lowest BCUT2D eigenvalue weighted by molar-refractivity contribution is 0.0952. The lowest BCUT2D eigenvalue weighted by Gasteiger charge is -2.03. The van der Waals surface area contributed by atoms with Gasteiger partial charge in [-0.15, -0.1) is 0 Å². The molecular weight excluding hydrogens is 202 g/mol. The maximum atomic E-state index is 11.8. The minimum atomic E-state index is 0.00315. The van der Waals surface area contributed by atoms with Gasteiger partial charge in [-0.25, -0.2) is 0 Å². The number of nitrogens with one attached hydrogen (secondary N) is 2. The van der Waals surface area contributed by atoms with E-state index in [4.69, 9.17) is 0 Å². The SMILES string of the molecule is O=C(NCC1CC1)c1ccc2cn[nH]c2c1. The van der Waals surface area contributed by atoms with Crippen LogP contribution in [0.1, 0.15) is 23.2 Å².